The highest BCUT2D eigenvalue weighted by Crippen LogP contribution is 2.23. The van der Waals surface area contributed by atoms with Crippen LogP contribution in [0.2, 0.25) is 0 Å². The van der Waals surface area contributed by atoms with Gasteiger partial charge in [0.05, 0.1) is 17.3 Å². The molecule has 2 aromatic rings. The second-order valence-corrected chi connectivity index (χ2v) is 5.65. The van der Waals surface area contributed by atoms with Crippen LogP contribution in [0.5, 0.6) is 0 Å². The fraction of sp³-hybridized carbons (Fsp3) is 0.375. The number of pyridine rings is 1. The van der Waals surface area contributed by atoms with Crippen LogP contribution in [0, 0.1) is 11.3 Å². The first-order valence-corrected chi connectivity index (χ1v) is 7.32. The van der Waals surface area contributed by atoms with Crippen molar-refractivity contribution < 1.29 is 0 Å². The van der Waals surface area contributed by atoms with Gasteiger partial charge in [0.15, 0.2) is 0 Å². The lowest BCUT2D eigenvalue weighted by Crippen LogP contribution is -2.36. The molecule has 3 heterocycles. The monoisotopic (exact) mass is 295 g/mol. The molecule has 6 nitrogen and oxygen atoms in total. The third kappa shape index (κ3) is 2.46. The van der Waals surface area contributed by atoms with Crippen molar-refractivity contribution in [3.05, 3.63) is 51.6 Å². The smallest absolute Gasteiger partial charge is 0.267 e. The van der Waals surface area contributed by atoms with E-state index < -0.39 is 0 Å². The Morgan fingerprint density at radius 1 is 1.41 bits per heavy atom. The predicted octanol–water partition coefficient (Wildman–Crippen LogP) is 1.65. The summed E-state index contributed by atoms with van der Waals surface area (Å²) in [6.45, 7) is 5.19. The molecule has 0 bridgehead atoms. The molecule has 2 aromatic heterocycles. The molecule has 0 unspecified atom stereocenters. The highest BCUT2D eigenvalue weighted by molar-refractivity contribution is 5.54. The van der Waals surface area contributed by atoms with Crippen LogP contribution >= 0.6 is 0 Å². The third-order valence-electron chi connectivity index (χ3n) is 3.80. The Labute approximate surface area is 128 Å². The second-order valence-electron chi connectivity index (χ2n) is 5.65. The van der Waals surface area contributed by atoms with Crippen molar-refractivity contribution in [1.82, 2.24) is 14.8 Å². The van der Waals surface area contributed by atoms with E-state index in [1.54, 1.807) is 24.4 Å². The summed E-state index contributed by atoms with van der Waals surface area (Å²) in [7, 11) is 0. The molecule has 22 heavy (non-hydrogen) atoms. The molecule has 6 heteroatoms. The maximum Gasteiger partial charge on any atom is 0.267 e. The van der Waals surface area contributed by atoms with Crippen molar-refractivity contribution in [1.29, 1.82) is 5.26 Å². The Bertz CT molecular complexity index is 803. The van der Waals surface area contributed by atoms with Gasteiger partial charge in [-0.25, -0.2) is 9.67 Å². The Hall–Kier alpha value is -2.68. The number of hydrogen-bond acceptors (Lipinski definition) is 5. The summed E-state index contributed by atoms with van der Waals surface area (Å²) in [4.78, 5) is 18.5. The van der Waals surface area contributed by atoms with Crippen LogP contribution in [0.25, 0.3) is 0 Å². The molecule has 0 saturated carbocycles. The van der Waals surface area contributed by atoms with Crippen molar-refractivity contribution in [2.24, 2.45) is 0 Å². The number of nitriles is 1. The van der Waals surface area contributed by atoms with Gasteiger partial charge in [0.25, 0.3) is 5.56 Å². The maximum atomic E-state index is 12.1. The van der Waals surface area contributed by atoms with Crippen molar-refractivity contribution in [3.8, 4) is 6.07 Å². The van der Waals surface area contributed by atoms with E-state index in [1.165, 1.54) is 4.68 Å². The first-order chi connectivity index (χ1) is 10.6. The molecule has 0 amide bonds. The average molecular weight is 295 g/mol. The van der Waals surface area contributed by atoms with E-state index in [4.69, 9.17) is 0 Å². The summed E-state index contributed by atoms with van der Waals surface area (Å²) in [6, 6.07) is 7.39. The topological polar surface area (TPSA) is 74.8 Å². The molecule has 112 valence electrons. The molecule has 0 N–H and O–H groups in total. The average Bonchev–Trinajstić information content (AvgIpc) is 2.53. The first-order valence-electron chi connectivity index (χ1n) is 7.32. The van der Waals surface area contributed by atoms with Crippen molar-refractivity contribution in [2.45, 2.75) is 32.9 Å². The normalized spacial score (nSPS) is 13.8. The zero-order chi connectivity index (χ0) is 15.7. The highest BCUT2D eigenvalue weighted by atomic mass is 16.1. The minimum atomic E-state index is -0.0860. The van der Waals surface area contributed by atoms with Crippen LogP contribution in [0.3, 0.4) is 0 Å². The molecule has 0 fully saturated rings. The second kappa shape index (κ2) is 5.60. The minimum absolute atomic E-state index is 0.0526. The van der Waals surface area contributed by atoms with Gasteiger partial charge in [-0.3, -0.25) is 4.79 Å². The lowest BCUT2D eigenvalue weighted by molar-refractivity contribution is 0.484. The molecule has 0 aromatic carbocycles. The summed E-state index contributed by atoms with van der Waals surface area (Å²) in [5.41, 5.74) is 2.34. The first kappa shape index (κ1) is 14.3. The molecule has 0 saturated heterocycles. The van der Waals surface area contributed by atoms with Crippen LogP contribution in [-0.2, 0) is 13.0 Å². The standard InChI is InChI=1S/C16H17N5O/c1-11(2)21-15(22)8-13-10-20(7-5-14(13)19-21)16-12(9-17)4-3-6-18-16/h3-4,6,8,11H,5,7,10H2,1-2H3. The molecule has 3 rings (SSSR count). The van der Waals surface area contributed by atoms with Crippen LogP contribution < -0.4 is 10.5 Å². The van der Waals surface area contributed by atoms with E-state index in [1.807, 2.05) is 18.7 Å². The number of aromatic nitrogens is 3. The number of hydrogen-bond donors (Lipinski definition) is 0. The lowest BCUT2D eigenvalue weighted by atomic mass is 10.1. The van der Waals surface area contributed by atoms with Crippen LogP contribution in [-0.4, -0.2) is 21.3 Å². The Kier molecular flexibility index (Phi) is 3.63. The maximum absolute atomic E-state index is 12.1. The van der Waals surface area contributed by atoms with Gasteiger partial charge in [-0.1, -0.05) is 0 Å². The Morgan fingerprint density at radius 3 is 2.95 bits per heavy atom. The van der Waals surface area contributed by atoms with Gasteiger partial charge in [0.1, 0.15) is 11.9 Å². The van der Waals surface area contributed by atoms with E-state index in [2.05, 4.69) is 16.2 Å². The van der Waals surface area contributed by atoms with Gasteiger partial charge in [-0.05, 0) is 26.0 Å². The van der Waals surface area contributed by atoms with Gasteiger partial charge in [0.2, 0.25) is 0 Å². The molecule has 1 aliphatic heterocycles. The van der Waals surface area contributed by atoms with Crippen LogP contribution in [0.15, 0.2) is 29.2 Å². The zero-order valence-corrected chi connectivity index (χ0v) is 12.7. The molecule has 0 spiro atoms. The third-order valence-corrected chi connectivity index (χ3v) is 3.80. The number of anilines is 1. The summed E-state index contributed by atoms with van der Waals surface area (Å²) < 4.78 is 1.52. The number of fused-ring (bicyclic) bond motifs is 1. The van der Waals surface area contributed by atoms with Gasteiger partial charge < -0.3 is 4.90 Å². The van der Waals surface area contributed by atoms with E-state index in [0.29, 0.717) is 17.9 Å². The van der Waals surface area contributed by atoms with Crippen molar-refractivity contribution in [3.63, 3.8) is 0 Å². The molecular weight excluding hydrogens is 278 g/mol. The summed E-state index contributed by atoms with van der Waals surface area (Å²) >= 11 is 0. The summed E-state index contributed by atoms with van der Waals surface area (Å²) in [6.07, 6.45) is 2.42. The van der Waals surface area contributed by atoms with Crippen LogP contribution in [0.1, 0.15) is 36.7 Å². The van der Waals surface area contributed by atoms with Gasteiger partial charge in [-0.2, -0.15) is 10.4 Å². The SMILES string of the molecule is CC(C)n1nc2c(cc1=O)CN(c1ncccc1C#N)CC2. The summed E-state index contributed by atoms with van der Waals surface area (Å²) in [5.74, 6) is 0.670. The molecule has 1 aliphatic rings. The van der Waals surface area contributed by atoms with E-state index in [9.17, 15) is 10.1 Å². The Balaban J connectivity index is 1.96. The highest BCUT2D eigenvalue weighted by Gasteiger charge is 2.22. The van der Waals surface area contributed by atoms with E-state index in [-0.39, 0.29) is 11.6 Å². The predicted molar refractivity (Wildman–Crippen MR) is 82.6 cm³/mol. The lowest BCUT2D eigenvalue weighted by Gasteiger charge is -2.30. The van der Waals surface area contributed by atoms with Crippen LogP contribution in [0.4, 0.5) is 5.82 Å². The van der Waals surface area contributed by atoms with Gasteiger partial charge in [-0.15, -0.1) is 0 Å². The largest absolute Gasteiger partial charge is 0.351 e. The van der Waals surface area contributed by atoms with E-state index >= 15 is 0 Å². The zero-order valence-electron chi connectivity index (χ0n) is 12.7. The number of nitrogens with zero attached hydrogens (tertiary/aromatic N) is 5. The fourth-order valence-electron chi connectivity index (χ4n) is 2.70. The molecule has 0 radical (unpaired) electrons. The van der Waals surface area contributed by atoms with Crippen molar-refractivity contribution in [2.75, 3.05) is 11.4 Å². The summed E-state index contributed by atoms with van der Waals surface area (Å²) in [5, 5.41) is 13.7. The fourth-order valence-corrected chi connectivity index (χ4v) is 2.70. The molecular formula is C16H17N5O. The van der Waals surface area contributed by atoms with Gasteiger partial charge in [0, 0.05) is 37.3 Å². The van der Waals surface area contributed by atoms with Gasteiger partial charge >= 0.3 is 0 Å². The number of rotatable bonds is 2. The van der Waals surface area contributed by atoms with E-state index in [0.717, 1.165) is 24.2 Å². The van der Waals surface area contributed by atoms with Crippen molar-refractivity contribution >= 4 is 5.82 Å². The minimum Gasteiger partial charge on any atom is -0.351 e. The quantitative estimate of drug-likeness (QED) is 0.842. The molecule has 0 atom stereocenters. The Morgan fingerprint density at radius 2 is 2.23 bits per heavy atom. The molecule has 0 aliphatic carbocycles.